The van der Waals surface area contributed by atoms with Crippen LogP contribution in [0.2, 0.25) is 0 Å². The summed E-state index contributed by atoms with van der Waals surface area (Å²) in [5, 5.41) is 17.8. The molecule has 0 spiro atoms. The standard InChI is InChI=1S/C10H12N2S.C4H4O4/c1-7-5-13-10(8(7)2)3-9-4-11-6-12-9;5-3(6)1-2-4(7)8/h4-6H,3H2,1-2H3,(H,11,12);1-2H,(H,5,6)(H,7,8)/b;2-1+. The second kappa shape index (κ2) is 8.01. The number of hydrogen-bond acceptors (Lipinski definition) is 4. The number of imidazole rings is 1. The third-order valence-corrected chi connectivity index (χ3v) is 3.86. The lowest BCUT2D eigenvalue weighted by Gasteiger charge is -1.96. The van der Waals surface area contributed by atoms with Gasteiger partial charge in [0.25, 0.3) is 0 Å². The average molecular weight is 308 g/mol. The van der Waals surface area contributed by atoms with E-state index in [-0.39, 0.29) is 0 Å². The minimum absolute atomic E-state index is 0.558. The van der Waals surface area contributed by atoms with Crippen molar-refractivity contribution in [3.8, 4) is 0 Å². The predicted molar refractivity (Wildman–Crippen MR) is 79.6 cm³/mol. The van der Waals surface area contributed by atoms with Gasteiger partial charge in [0.2, 0.25) is 0 Å². The summed E-state index contributed by atoms with van der Waals surface area (Å²) < 4.78 is 0. The number of thiophene rings is 1. The highest BCUT2D eigenvalue weighted by molar-refractivity contribution is 7.10. The quantitative estimate of drug-likeness (QED) is 0.752. The number of nitrogens with zero attached hydrogens (tertiary/aromatic N) is 1. The number of aliphatic carboxylic acids is 2. The largest absolute Gasteiger partial charge is 0.478 e. The molecule has 2 aromatic rings. The molecule has 0 aromatic carbocycles. The number of carboxylic acids is 2. The molecule has 112 valence electrons. The maximum Gasteiger partial charge on any atom is 0.328 e. The van der Waals surface area contributed by atoms with Gasteiger partial charge in [-0.2, -0.15) is 0 Å². The van der Waals surface area contributed by atoms with Crippen molar-refractivity contribution in [2.24, 2.45) is 0 Å². The highest BCUT2D eigenvalue weighted by Gasteiger charge is 2.05. The maximum atomic E-state index is 9.55. The van der Waals surface area contributed by atoms with Gasteiger partial charge in [-0.3, -0.25) is 0 Å². The molecular weight excluding hydrogens is 292 g/mol. The Morgan fingerprint density at radius 2 is 1.90 bits per heavy atom. The first-order chi connectivity index (χ1) is 9.90. The highest BCUT2D eigenvalue weighted by atomic mass is 32.1. The fourth-order valence-corrected chi connectivity index (χ4v) is 2.49. The monoisotopic (exact) mass is 308 g/mol. The number of aromatic nitrogens is 2. The van der Waals surface area contributed by atoms with E-state index in [4.69, 9.17) is 10.2 Å². The summed E-state index contributed by atoms with van der Waals surface area (Å²) in [6, 6.07) is 0. The van der Waals surface area contributed by atoms with Crippen LogP contribution in [0.1, 0.15) is 21.7 Å². The van der Waals surface area contributed by atoms with Crippen LogP contribution in [0.15, 0.2) is 30.1 Å². The lowest BCUT2D eigenvalue weighted by atomic mass is 10.1. The molecule has 0 atom stereocenters. The van der Waals surface area contributed by atoms with E-state index in [9.17, 15) is 9.59 Å². The Hall–Kier alpha value is -2.41. The number of nitrogens with one attached hydrogen (secondary N) is 1. The molecule has 0 bridgehead atoms. The molecule has 6 nitrogen and oxygen atoms in total. The van der Waals surface area contributed by atoms with Crippen molar-refractivity contribution in [2.75, 3.05) is 0 Å². The van der Waals surface area contributed by atoms with Crippen LogP contribution in [0, 0.1) is 13.8 Å². The second-order valence-electron chi connectivity index (χ2n) is 4.21. The van der Waals surface area contributed by atoms with Gasteiger partial charge in [-0.1, -0.05) is 0 Å². The number of carbonyl (C=O) groups is 2. The van der Waals surface area contributed by atoms with E-state index in [1.807, 2.05) is 17.5 Å². The third kappa shape index (κ3) is 6.05. The van der Waals surface area contributed by atoms with Crippen molar-refractivity contribution >= 4 is 23.3 Å². The SMILES string of the molecule is Cc1csc(Cc2c[nH]cn2)c1C.O=C(O)/C=C/C(=O)O. The summed E-state index contributed by atoms with van der Waals surface area (Å²) >= 11 is 1.82. The first-order valence-corrected chi connectivity index (χ1v) is 6.93. The smallest absolute Gasteiger partial charge is 0.328 e. The lowest BCUT2D eigenvalue weighted by Crippen LogP contribution is -1.91. The summed E-state index contributed by atoms with van der Waals surface area (Å²) in [6.45, 7) is 4.33. The zero-order valence-corrected chi connectivity index (χ0v) is 12.5. The van der Waals surface area contributed by atoms with Gasteiger partial charge in [0.05, 0.1) is 12.0 Å². The normalized spacial score (nSPS) is 10.2. The van der Waals surface area contributed by atoms with Crippen LogP contribution in [0.25, 0.3) is 0 Å². The Bertz CT molecular complexity index is 613. The molecular formula is C14H16N2O4S. The van der Waals surface area contributed by atoms with E-state index >= 15 is 0 Å². The van der Waals surface area contributed by atoms with Crippen molar-refractivity contribution in [3.05, 3.63) is 51.8 Å². The molecule has 0 amide bonds. The summed E-state index contributed by atoms with van der Waals surface area (Å²) in [5.74, 6) is -2.51. The van der Waals surface area contributed by atoms with Crippen molar-refractivity contribution in [1.82, 2.24) is 9.97 Å². The zero-order valence-electron chi connectivity index (χ0n) is 11.7. The molecule has 2 rings (SSSR count). The Kier molecular flexibility index (Phi) is 6.35. The van der Waals surface area contributed by atoms with E-state index in [0.29, 0.717) is 12.2 Å². The summed E-state index contributed by atoms with van der Waals surface area (Å²) in [7, 11) is 0. The van der Waals surface area contributed by atoms with E-state index < -0.39 is 11.9 Å². The Morgan fingerprint density at radius 1 is 1.29 bits per heavy atom. The molecule has 0 unspecified atom stereocenters. The van der Waals surface area contributed by atoms with E-state index in [0.717, 1.165) is 12.1 Å². The summed E-state index contributed by atoms with van der Waals surface area (Å²) in [5.41, 5.74) is 3.91. The van der Waals surface area contributed by atoms with E-state index in [2.05, 4.69) is 29.2 Å². The lowest BCUT2D eigenvalue weighted by molar-refractivity contribution is -0.134. The fraction of sp³-hybridized carbons (Fsp3) is 0.214. The molecule has 0 aliphatic heterocycles. The molecule has 0 saturated carbocycles. The highest BCUT2D eigenvalue weighted by Crippen LogP contribution is 2.22. The van der Waals surface area contributed by atoms with Crippen LogP contribution in [-0.2, 0) is 16.0 Å². The first kappa shape index (κ1) is 16.6. The molecule has 0 aliphatic carbocycles. The Labute approximate surface area is 125 Å². The molecule has 7 heteroatoms. The van der Waals surface area contributed by atoms with Crippen LogP contribution < -0.4 is 0 Å². The first-order valence-electron chi connectivity index (χ1n) is 6.05. The molecule has 0 radical (unpaired) electrons. The molecule has 21 heavy (non-hydrogen) atoms. The minimum atomic E-state index is -1.26. The topological polar surface area (TPSA) is 103 Å². The van der Waals surface area contributed by atoms with Crippen molar-refractivity contribution in [1.29, 1.82) is 0 Å². The van der Waals surface area contributed by atoms with E-state index in [1.165, 1.54) is 16.0 Å². The molecule has 0 aliphatic rings. The van der Waals surface area contributed by atoms with Crippen LogP contribution >= 0.6 is 11.3 Å². The predicted octanol–water partition coefficient (Wildman–Crippen LogP) is 2.39. The number of H-pyrrole nitrogens is 1. The second-order valence-corrected chi connectivity index (χ2v) is 5.18. The summed E-state index contributed by atoms with van der Waals surface area (Å²) in [4.78, 5) is 27.7. The van der Waals surface area contributed by atoms with Crippen LogP contribution in [0.3, 0.4) is 0 Å². The molecule has 3 N–H and O–H groups in total. The molecule has 0 fully saturated rings. The maximum absolute atomic E-state index is 9.55. The van der Waals surface area contributed by atoms with Gasteiger partial charge < -0.3 is 15.2 Å². The number of rotatable bonds is 4. The Morgan fingerprint density at radius 3 is 2.29 bits per heavy atom. The fourth-order valence-electron chi connectivity index (χ4n) is 1.43. The van der Waals surface area contributed by atoms with Crippen LogP contribution in [0.4, 0.5) is 0 Å². The molecule has 2 aromatic heterocycles. The van der Waals surface area contributed by atoms with Gasteiger partial charge in [0, 0.05) is 29.6 Å². The molecule has 2 heterocycles. The number of aryl methyl sites for hydroxylation is 1. The van der Waals surface area contributed by atoms with Crippen LogP contribution in [0.5, 0.6) is 0 Å². The summed E-state index contributed by atoms with van der Waals surface area (Å²) in [6.07, 6.45) is 5.75. The van der Waals surface area contributed by atoms with Crippen LogP contribution in [-0.4, -0.2) is 32.1 Å². The van der Waals surface area contributed by atoms with Crippen molar-refractivity contribution in [3.63, 3.8) is 0 Å². The van der Waals surface area contributed by atoms with Gasteiger partial charge in [-0.05, 0) is 30.4 Å². The third-order valence-electron chi connectivity index (χ3n) is 2.65. The number of carboxylic acid groups (broad SMARTS) is 2. The molecule has 0 saturated heterocycles. The average Bonchev–Trinajstić information content (AvgIpc) is 3.03. The zero-order chi connectivity index (χ0) is 15.8. The van der Waals surface area contributed by atoms with Gasteiger partial charge in [-0.25, -0.2) is 14.6 Å². The van der Waals surface area contributed by atoms with Gasteiger partial charge in [0.1, 0.15) is 0 Å². The number of hydrogen-bond donors (Lipinski definition) is 3. The van der Waals surface area contributed by atoms with Gasteiger partial charge >= 0.3 is 11.9 Å². The van der Waals surface area contributed by atoms with Crippen molar-refractivity contribution in [2.45, 2.75) is 20.3 Å². The Balaban J connectivity index is 0.000000240. The number of aromatic amines is 1. The minimum Gasteiger partial charge on any atom is -0.478 e. The van der Waals surface area contributed by atoms with Gasteiger partial charge in [-0.15, -0.1) is 11.3 Å². The van der Waals surface area contributed by atoms with Crippen molar-refractivity contribution < 1.29 is 19.8 Å². The van der Waals surface area contributed by atoms with E-state index in [1.54, 1.807) is 6.33 Å². The van der Waals surface area contributed by atoms with Gasteiger partial charge in [0.15, 0.2) is 0 Å².